The van der Waals surface area contributed by atoms with Gasteiger partial charge >= 0.3 is 0 Å². The van der Waals surface area contributed by atoms with Gasteiger partial charge in [-0.3, -0.25) is 0 Å². The maximum absolute atomic E-state index is 5.73. The third-order valence-electron chi connectivity index (χ3n) is 2.44. The molecule has 2 aromatic carbocycles. The standard InChI is InChI=1S/C13H11N3S/c14-9-6-7-11-12(8-9)16-13(15-11)17-10-4-2-1-3-5-10/h1-8H,14H2,(H,15,16). The quantitative estimate of drug-likeness (QED) is 0.677. The molecule has 0 atom stereocenters. The summed E-state index contributed by atoms with van der Waals surface area (Å²) in [6, 6.07) is 15.8. The number of benzene rings is 2. The molecule has 3 nitrogen and oxygen atoms in total. The van der Waals surface area contributed by atoms with Gasteiger partial charge in [-0.15, -0.1) is 0 Å². The van der Waals surface area contributed by atoms with Gasteiger partial charge in [0.05, 0.1) is 11.0 Å². The fraction of sp³-hybridized carbons (Fsp3) is 0. The number of nitrogen functional groups attached to an aromatic ring is 1. The Morgan fingerprint density at radius 3 is 2.71 bits per heavy atom. The van der Waals surface area contributed by atoms with Crippen molar-refractivity contribution in [1.29, 1.82) is 0 Å². The number of H-pyrrole nitrogens is 1. The smallest absolute Gasteiger partial charge is 0.171 e. The van der Waals surface area contributed by atoms with Crippen molar-refractivity contribution in [1.82, 2.24) is 9.97 Å². The predicted octanol–water partition coefficient (Wildman–Crippen LogP) is 3.30. The Morgan fingerprint density at radius 1 is 1.06 bits per heavy atom. The van der Waals surface area contributed by atoms with E-state index < -0.39 is 0 Å². The summed E-state index contributed by atoms with van der Waals surface area (Å²) in [6.45, 7) is 0. The molecule has 0 fully saturated rings. The highest BCUT2D eigenvalue weighted by Gasteiger charge is 2.04. The summed E-state index contributed by atoms with van der Waals surface area (Å²) < 4.78 is 0. The van der Waals surface area contributed by atoms with E-state index in [2.05, 4.69) is 22.1 Å². The molecule has 17 heavy (non-hydrogen) atoms. The predicted molar refractivity (Wildman–Crippen MR) is 71.1 cm³/mol. The average molecular weight is 241 g/mol. The lowest BCUT2D eigenvalue weighted by Gasteiger charge is -1.95. The molecule has 0 saturated heterocycles. The Bertz CT molecular complexity index is 646. The Hall–Kier alpha value is -1.94. The normalized spacial score (nSPS) is 10.8. The van der Waals surface area contributed by atoms with Gasteiger partial charge in [-0.05, 0) is 30.3 Å². The Morgan fingerprint density at radius 2 is 1.88 bits per heavy atom. The van der Waals surface area contributed by atoms with E-state index >= 15 is 0 Å². The Kier molecular flexibility index (Phi) is 2.49. The van der Waals surface area contributed by atoms with Gasteiger partial charge < -0.3 is 10.7 Å². The van der Waals surface area contributed by atoms with Gasteiger partial charge in [0.2, 0.25) is 0 Å². The lowest BCUT2D eigenvalue weighted by Crippen LogP contribution is -1.82. The van der Waals surface area contributed by atoms with Crippen molar-refractivity contribution in [2.24, 2.45) is 0 Å². The number of fused-ring (bicyclic) bond motifs is 1. The van der Waals surface area contributed by atoms with Crippen molar-refractivity contribution >= 4 is 28.5 Å². The van der Waals surface area contributed by atoms with Crippen molar-refractivity contribution < 1.29 is 0 Å². The zero-order valence-electron chi connectivity index (χ0n) is 9.05. The van der Waals surface area contributed by atoms with Crippen LogP contribution in [-0.2, 0) is 0 Å². The molecule has 0 bridgehead atoms. The number of nitrogens with one attached hydrogen (secondary N) is 1. The van der Waals surface area contributed by atoms with Crippen molar-refractivity contribution in [2.45, 2.75) is 10.1 Å². The summed E-state index contributed by atoms with van der Waals surface area (Å²) >= 11 is 1.61. The number of anilines is 1. The highest BCUT2D eigenvalue weighted by molar-refractivity contribution is 7.99. The number of aromatic amines is 1. The molecule has 84 valence electrons. The summed E-state index contributed by atoms with van der Waals surface area (Å²) in [6.07, 6.45) is 0. The summed E-state index contributed by atoms with van der Waals surface area (Å²) in [5.74, 6) is 0. The fourth-order valence-corrected chi connectivity index (χ4v) is 2.47. The molecule has 0 aliphatic rings. The molecule has 0 radical (unpaired) electrons. The minimum atomic E-state index is 0.748. The van der Waals surface area contributed by atoms with Crippen LogP contribution >= 0.6 is 11.8 Å². The van der Waals surface area contributed by atoms with E-state index in [0.717, 1.165) is 21.9 Å². The van der Waals surface area contributed by atoms with Crippen LogP contribution in [0.5, 0.6) is 0 Å². The lowest BCUT2D eigenvalue weighted by atomic mass is 10.3. The molecule has 0 aliphatic heterocycles. The number of rotatable bonds is 2. The van der Waals surface area contributed by atoms with Gasteiger partial charge in [0.1, 0.15) is 0 Å². The van der Waals surface area contributed by atoms with Crippen LogP contribution in [0.2, 0.25) is 0 Å². The second kappa shape index (κ2) is 4.14. The first kappa shape index (κ1) is 10.2. The summed E-state index contributed by atoms with van der Waals surface area (Å²) in [4.78, 5) is 8.92. The van der Waals surface area contributed by atoms with Crippen molar-refractivity contribution in [2.75, 3.05) is 5.73 Å². The Labute approximate surface area is 103 Å². The van der Waals surface area contributed by atoms with Gasteiger partial charge in [-0.2, -0.15) is 0 Å². The van der Waals surface area contributed by atoms with E-state index in [4.69, 9.17) is 5.73 Å². The molecular formula is C13H11N3S. The first-order valence-electron chi connectivity index (χ1n) is 5.29. The lowest BCUT2D eigenvalue weighted by molar-refractivity contribution is 1.08. The van der Waals surface area contributed by atoms with Crippen LogP contribution in [0.4, 0.5) is 5.69 Å². The third-order valence-corrected chi connectivity index (χ3v) is 3.34. The van der Waals surface area contributed by atoms with Crippen LogP contribution in [0.3, 0.4) is 0 Å². The minimum Gasteiger partial charge on any atom is -0.399 e. The van der Waals surface area contributed by atoms with Crippen LogP contribution in [-0.4, -0.2) is 9.97 Å². The first-order chi connectivity index (χ1) is 8.31. The SMILES string of the molecule is Nc1ccc2nc(Sc3ccccc3)[nH]c2c1. The van der Waals surface area contributed by atoms with Crippen molar-refractivity contribution in [3.05, 3.63) is 48.5 Å². The van der Waals surface area contributed by atoms with Gasteiger partial charge in [-0.25, -0.2) is 4.98 Å². The highest BCUT2D eigenvalue weighted by Crippen LogP contribution is 2.27. The van der Waals surface area contributed by atoms with E-state index in [1.165, 1.54) is 4.90 Å². The maximum Gasteiger partial charge on any atom is 0.171 e. The molecule has 0 aliphatic carbocycles. The average Bonchev–Trinajstić information content (AvgIpc) is 2.71. The highest BCUT2D eigenvalue weighted by atomic mass is 32.2. The van der Waals surface area contributed by atoms with Crippen LogP contribution in [0.15, 0.2) is 58.6 Å². The summed E-state index contributed by atoms with van der Waals surface area (Å²) in [5, 5.41) is 0.886. The van der Waals surface area contributed by atoms with Gasteiger partial charge in [0, 0.05) is 10.6 Å². The van der Waals surface area contributed by atoms with Gasteiger partial charge in [0.25, 0.3) is 0 Å². The van der Waals surface area contributed by atoms with Crippen LogP contribution < -0.4 is 5.73 Å². The number of nitrogens with zero attached hydrogens (tertiary/aromatic N) is 1. The Balaban J connectivity index is 1.96. The van der Waals surface area contributed by atoms with Gasteiger partial charge in [-0.1, -0.05) is 30.0 Å². The molecule has 3 rings (SSSR count). The number of hydrogen-bond acceptors (Lipinski definition) is 3. The minimum absolute atomic E-state index is 0.748. The maximum atomic E-state index is 5.73. The first-order valence-corrected chi connectivity index (χ1v) is 6.11. The zero-order valence-corrected chi connectivity index (χ0v) is 9.87. The molecule has 1 heterocycles. The molecule has 3 aromatic rings. The van der Waals surface area contributed by atoms with E-state index in [0.29, 0.717) is 0 Å². The van der Waals surface area contributed by atoms with Crippen molar-refractivity contribution in [3.63, 3.8) is 0 Å². The van der Waals surface area contributed by atoms with E-state index in [-0.39, 0.29) is 0 Å². The van der Waals surface area contributed by atoms with Crippen molar-refractivity contribution in [3.8, 4) is 0 Å². The summed E-state index contributed by atoms with van der Waals surface area (Å²) in [7, 11) is 0. The number of nitrogens with two attached hydrogens (primary N) is 1. The van der Waals surface area contributed by atoms with Crippen LogP contribution in [0, 0.1) is 0 Å². The summed E-state index contributed by atoms with van der Waals surface area (Å²) in [5.41, 5.74) is 8.40. The number of imidazole rings is 1. The molecular weight excluding hydrogens is 230 g/mol. The monoisotopic (exact) mass is 241 g/mol. The molecule has 0 amide bonds. The van der Waals surface area contributed by atoms with E-state index in [1.807, 2.05) is 36.4 Å². The number of aromatic nitrogens is 2. The molecule has 4 heteroatoms. The van der Waals surface area contributed by atoms with Crippen LogP contribution in [0.1, 0.15) is 0 Å². The second-order valence-corrected chi connectivity index (χ2v) is 4.80. The van der Waals surface area contributed by atoms with Gasteiger partial charge in [0.15, 0.2) is 5.16 Å². The topological polar surface area (TPSA) is 54.7 Å². The largest absolute Gasteiger partial charge is 0.399 e. The number of hydrogen-bond donors (Lipinski definition) is 2. The molecule has 0 saturated carbocycles. The molecule has 1 aromatic heterocycles. The van der Waals surface area contributed by atoms with E-state index in [9.17, 15) is 0 Å². The third kappa shape index (κ3) is 2.12. The molecule has 3 N–H and O–H groups in total. The van der Waals surface area contributed by atoms with E-state index in [1.54, 1.807) is 11.8 Å². The fourth-order valence-electron chi connectivity index (χ4n) is 1.65. The zero-order chi connectivity index (χ0) is 11.7. The van der Waals surface area contributed by atoms with Crippen LogP contribution in [0.25, 0.3) is 11.0 Å². The molecule has 0 spiro atoms. The molecule has 0 unspecified atom stereocenters. The second-order valence-electron chi connectivity index (χ2n) is 3.73.